The predicted molar refractivity (Wildman–Crippen MR) is 43.8 cm³/mol. The zero-order chi connectivity index (χ0) is 8.81. The molecule has 4 nitrogen and oxygen atoms in total. The molecule has 0 aliphatic rings. The minimum Gasteiger partial charge on any atom is -0.428 e. The van der Waals surface area contributed by atoms with Crippen LogP contribution in [0.5, 0.6) is 0 Å². The number of aromatic nitrogens is 2. The van der Waals surface area contributed by atoms with Crippen molar-refractivity contribution in [1.82, 2.24) is 10.2 Å². The summed E-state index contributed by atoms with van der Waals surface area (Å²) in [6, 6.07) is 0. The van der Waals surface area contributed by atoms with E-state index in [1.54, 1.807) is 7.11 Å². The van der Waals surface area contributed by atoms with Crippen molar-refractivity contribution in [1.29, 1.82) is 0 Å². The Morgan fingerprint density at radius 3 is 3.08 bits per heavy atom. The van der Waals surface area contributed by atoms with E-state index < -0.39 is 0 Å². The smallest absolute Gasteiger partial charge is 0.219 e. The van der Waals surface area contributed by atoms with Crippen molar-refractivity contribution in [3.63, 3.8) is 0 Å². The van der Waals surface area contributed by atoms with Crippen molar-refractivity contribution in [2.24, 2.45) is 0 Å². The Morgan fingerprint density at radius 1 is 1.67 bits per heavy atom. The highest BCUT2D eigenvalue weighted by Crippen LogP contribution is 2.17. The van der Waals surface area contributed by atoms with Gasteiger partial charge in [0.1, 0.15) is 0 Å². The van der Waals surface area contributed by atoms with Gasteiger partial charge in [0.05, 0.1) is 0 Å². The molecule has 12 heavy (non-hydrogen) atoms. The molecule has 0 aliphatic heterocycles. The molecule has 0 amide bonds. The normalized spacial score (nSPS) is 13.2. The van der Waals surface area contributed by atoms with Gasteiger partial charge in [-0.3, -0.25) is 0 Å². The first-order valence-electron chi connectivity index (χ1n) is 4.09. The van der Waals surface area contributed by atoms with Gasteiger partial charge in [0.25, 0.3) is 0 Å². The number of ether oxygens (including phenoxy) is 1. The molecule has 0 spiro atoms. The van der Waals surface area contributed by atoms with E-state index in [1.165, 1.54) is 6.39 Å². The number of methoxy groups -OCH3 is 1. The van der Waals surface area contributed by atoms with E-state index in [0.717, 1.165) is 19.4 Å². The molecule has 1 heterocycles. The van der Waals surface area contributed by atoms with E-state index in [2.05, 4.69) is 17.1 Å². The van der Waals surface area contributed by atoms with E-state index in [-0.39, 0.29) is 0 Å². The lowest BCUT2D eigenvalue weighted by atomic mass is 10.1. The summed E-state index contributed by atoms with van der Waals surface area (Å²) < 4.78 is 10.0. The van der Waals surface area contributed by atoms with Gasteiger partial charge in [-0.2, -0.15) is 0 Å². The highest BCUT2D eigenvalue weighted by Gasteiger charge is 2.09. The van der Waals surface area contributed by atoms with Gasteiger partial charge in [0, 0.05) is 19.6 Å². The summed E-state index contributed by atoms with van der Waals surface area (Å²) in [6.45, 7) is 2.86. The van der Waals surface area contributed by atoms with Crippen molar-refractivity contribution in [2.45, 2.75) is 25.7 Å². The van der Waals surface area contributed by atoms with Gasteiger partial charge in [-0.05, 0) is 12.8 Å². The average molecular weight is 170 g/mol. The van der Waals surface area contributed by atoms with Crippen molar-refractivity contribution in [3.8, 4) is 0 Å². The van der Waals surface area contributed by atoms with Gasteiger partial charge in [0.15, 0.2) is 0 Å². The second-order valence-electron chi connectivity index (χ2n) is 2.81. The third-order valence-electron chi connectivity index (χ3n) is 1.78. The highest BCUT2D eigenvalue weighted by atomic mass is 16.5. The van der Waals surface area contributed by atoms with Crippen LogP contribution in [0, 0.1) is 0 Å². The first kappa shape index (κ1) is 9.19. The second-order valence-corrected chi connectivity index (χ2v) is 2.81. The van der Waals surface area contributed by atoms with Gasteiger partial charge in [-0.1, -0.05) is 6.92 Å². The summed E-state index contributed by atoms with van der Waals surface area (Å²) in [5, 5.41) is 7.46. The van der Waals surface area contributed by atoms with E-state index in [0.29, 0.717) is 11.8 Å². The molecule has 1 rings (SSSR count). The van der Waals surface area contributed by atoms with Crippen LogP contribution in [-0.2, 0) is 4.74 Å². The van der Waals surface area contributed by atoms with Gasteiger partial charge in [0.2, 0.25) is 12.3 Å². The molecular formula is C8H14N2O2. The Bertz CT molecular complexity index is 199. The van der Waals surface area contributed by atoms with Crippen LogP contribution in [0.2, 0.25) is 0 Å². The molecular weight excluding hydrogens is 156 g/mol. The first-order valence-corrected chi connectivity index (χ1v) is 4.09. The zero-order valence-electron chi connectivity index (χ0n) is 7.49. The van der Waals surface area contributed by atoms with Crippen molar-refractivity contribution in [3.05, 3.63) is 12.3 Å². The van der Waals surface area contributed by atoms with Gasteiger partial charge < -0.3 is 9.15 Å². The number of hydrogen-bond acceptors (Lipinski definition) is 4. The summed E-state index contributed by atoms with van der Waals surface area (Å²) in [5.74, 6) is 1.05. The molecule has 0 N–H and O–H groups in total. The maximum atomic E-state index is 5.06. The average Bonchev–Trinajstić information content (AvgIpc) is 2.56. The molecule has 1 aromatic rings. The molecule has 0 saturated carbocycles. The summed E-state index contributed by atoms with van der Waals surface area (Å²) in [6.07, 6.45) is 3.41. The number of nitrogens with zero attached hydrogens (tertiary/aromatic N) is 2. The Hall–Kier alpha value is -0.900. The van der Waals surface area contributed by atoms with Crippen molar-refractivity contribution < 1.29 is 9.15 Å². The Labute approximate surface area is 71.9 Å². The van der Waals surface area contributed by atoms with Crippen LogP contribution < -0.4 is 0 Å². The summed E-state index contributed by atoms with van der Waals surface area (Å²) in [7, 11) is 1.71. The Balaban J connectivity index is 2.25. The molecule has 0 aromatic carbocycles. The molecule has 68 valence electrons. The molecule has 0 bridgehead atoms. The molecule has 1 unspecified atom stereocenters. The standard InChI is InChI=1S/C8H14N2O2/c1-7(4-3-5-11-2)8-10-9-6-12-8/h6-7H,3-5H2,1-2H3. The van der Waals surface area contributed by atoms with E-state index >= 15 is 0 Å². The topological polar surface area (TPSA) is 48.2 Å². The lowest BCUT2D eigenvalue weighted by Gasteiger charge is -2.04. The number of rotatable bonds is 5. The third-order valence-corrected chi connectivity index (χ3v) is 1.78. The lowest BCUT2D eigenvalue weighted by molar-refractivity contribution is 0.189. The van der Waals surface area contributed by atoms with Crippen LogP contribution in [0.1, 0.15) is 31.6 Å². The highest BCUT2D eigenvalue weighted by molar-refractivity contribution is 4.84. The zero-order valence-corrected chi connectivity index (χ0v) is 7.49. The SMILES string of the molecule is COCCCC(C)c1nnco1. The number of hydrogen-bond donors (Lipinski definition) is 0. The molecule has 1 atom stereocenters. The Morgan fingerprint density at radius 2 is 2.50 bits per heavy atom. The second kappa shape index (κ2) is 4.87. The van der Waals surface area contributed by atoms with Crippen LogP contribution in [0.3, 0.4) is 0 Å². The van der Waals surface area contributed by atoms with Crippen LogP contribution in [0.25, 0.3) is 0 Å². The third kappa shape index (κ3) is 2.62. The monoisotopic (exact) mass is 170 g/mol. The molecule has 0 radical (unpaired) electrons. The van der Waals surface area contributed by atoms with Crippen LogP contribution in [0.4, 0.5) is 0 Å². The fraction of sp³-hybridized carbons (Fsp3) is 0.750. The fourth-order valence-electron chi connectivity index (χ4n) is 1.05. The molecule has 4 heteroatoms. The van der Waals surface area contributed by atoms with Crippen LogP contribution >= 0.6 is 0 Å². The quantitative estimate of drug-likeness (QED) is 0.630. The molecule has 0 aliphatic carbocycles. The van der Waals surface area contributed by atoms with E-state index in [4.69, 9.17) is 9.15 Å². The summed E-state index contributed by atoms with van der Waals surface area (Å²) >= 11 is 0. The maximum Gasteiger partial charge on any atom is 0.219 e. The maximum absolute atomic E-state index is 5.06. The minimum atomic E-state index is 0.336. The van der Waals surface area contributed by atoms with Gasteiger partial charge in [-0.15, -0.1) is 10.2 Å². The van der Waals surface area contributed by atoms with Crippen LogP contribution in [0.15, 0.2) is 10.8 Å². The van der Waals surface area contributed by atoms with Crippen LogP contribution in [-0.4, -0.2) is 23.9 Å². The first-order chi connectivity index (χ1) is 5.84. The largest absolute Gasteiger partial charge is 0.428 e. The minimum absolute atomic E-state index is 0.336. The van der Waals surface area contributed by atoms with Gasteiger partial charge >= 0.3 is 0 Å². The van der Waals surface area contributed by atoms with Crippen molar-refractivity contribution in [2.75, 3.05) is 13.7 Å². The van der Waals surface area contributed by atoms with E-state index in [1.807, 2.05) is 0 Å². The van der Waals surface area contributed by atoms with E-state index in [9.17, 15) is 0 Å². The van der Waals surface area contributed by atoms with Crippen molar-refractivity contribution >= 4 is 0 Å². The summed E-state index contributed by atoms with van der Waals surface area (Å²) in [5.41, 5.74) is 0. The molecule has 0 fully saturated rings. The molecule has 1 aromatic heterocycles. The predicted octanol–water partition coefficient (Wildman–Crippen LogP) is 1.60. The molecule has 0 saturated heterocycles. The Kier molecular flexibility index (Phi) is 3.73. The lowest BCUT2D eigenvalue weighted by Crippen LogP contribution is -1.97. The van der Waals surface area contributed by atoms with Gasteiger partial charge in [-0.25, -0.2) is 0 Å². The summed E-state index contributed by atoms with van der Waals surface area (Å²) in [4.78, 5) is 0. The fourth-order valence-corrected chi connectivity index (χ4v) is 1.05.